The van der Waals surface area contributed by atoms with Gasteiger partial charge in [-0.05, 0) is 12.1 Å². The number of aliphatic hydroxyl groups excluding tert-OH is 1. The number of carbonyl (C=O) groups excluding carboxylic acids is 1. The molecule has 8 heteroatoms. The normalized spacial score (nSPS) is 22.3. The zero-order valence-electron chi connectivity index (χ0n) is 10.3. The molecule has 0 bridgehead atoms. The summed E-state index contributed by atoms with van der Waals surface area (Å²) in [6.45, 7) is 0.185. The monoisotopic (exact) mass is 266 g/mol. The molecular formula is C11H14N4O4. The fourth-order valence-corrected chi connectivity index (χ4v) is 2.03. The maximum absolute atomic E-state index is 11.3. The smallest absolute Gasteiger partial charge is 0.326 e. The predicted octanol–water partition coefficient (Wildman–Crippen LogP) is -1.14. The Labute approximate surface area is 109 Å². The van der Waals surface area contributed by atoms with Crippen molar-refractivity contribution in [1.82, 2.24) is 15.5 Å². The number of β-amino-alcohol motifs (C(OH)–C–C–N with tert-alkyl or cyclic N) is 1. The second kappa shape index (κ2) is 5.19. The number of nitrogens with zero attached hydrogens (tertiary/aromatic N) is 3. The number of aliphatic hydroxyl groups is 1. The van der Waals surface area contributed by atoms with E-state index in [4.69, 9.17) is 5.11 Å². The Hall–Kier alpha value is -2.22. The van der Waals surface area contributed by atoms with Gasteiger partial charge in [-0.1, -0.05) is 0 Å². The van der Waals surface area contributed by atoms with E-state index >= 15 is 0 Å². The lowest BCUT2D eigenvalue weighted by molar-refractivity contribution is -0.138. The molecule has 2 rings (SSSR count). The molecule has 1 aromatic rings. The van der Waals surface area contributed by atoms with Gasteiger partial charge in [0, 0.05) is 20.0 Å². The summed E-state index contributed by atoms with van der Waals surface area (Å²) in [5, 5.41) is 28.6. The van der Waals surface area contributed by atoms with Gasteiger partial charge in [-0.25, -0.2) is 4.79 Å². The van der Waals surface area contributed by atoms with Gasteiger partial charge < -0.3 is 20.4 Å². The molecule has 1 fully saturated rings. The van der Waals surface area contributed by atoms with Crippen LogP contribution in [0.1, 0.15) is 16.9 Å². The van der Waals surface area contributed by atoms with Crippen LogP contribution in [0, 0.1) is 0 Å². The summed E-state index contributed by atoms with van der Waals surface area (Å²) in [5.41, 5.74) is 0.151. The van der Waals surface area contributed by atoms with Crippen LogP contribution in [0.25, 0.3) is 0 Å². The van der Waals surface area contributed by atoms with E-state index in [1.165, 1.54) is 24.1 Å². The van der Waals surface area contributed by atoms with Gasteiger partial charge in [-0.3, -0.25) is 4.79 Å². The minimum Gasteiger partial charge on any atom is -0.480 e. The first kappa shape index (κ1) is 13.2. The molecule has 102 valence electrons. The quantitative estimate of drug-likeness (QED) is 0.633. The molecule has 0 radical (unpaired) electrons. The van der Waals surface area contributed by atoms with Crippen LogP contribution in [0.15, 0.2) is 12.1 Å². The predicted molar refractivity (Wildman–Crippen MR) is 64.8 cm³/mol. The fraction of sp³-hybridized carbons (Fsp3) is 0.455. The van der Waals surface area contributed by atoms with E-state index in [-0.39, 0.29) is 24.6 Å². The molecule has 19 heavy (non-hydrogen) atoms. The summed E-state index contributed by atoms with van der Waals surface area (Å²) in [5.74, 6) is -1.05. The number of rotatable bonds is 3. The second-order valence-corrected chi connectivity index (χ2v) is 4.25. The molecule has 1 saturated heterocycles. The second-order valence-electron chi connectivity index (χ2n) is 4.25. The van der Waals surface area contributed by atoms with Crippen molar-refractivity contribution in [2.75, 3.05) is 18.5 Å². The number of carboxylic acid groups (broad SMARTS) is 1. The summed E-state index contributed by atoms with van der Waals surface area (Å²) in [6, 6.07) is 2.16. The molecule has 0 aromatic carbocycles. The van der Waals surface area contributed by atoms with Crippen molar-refractivity contribution < 1.29 is 19.8 Å². The highest BCUT2D eigenvalue weighted by Gasteiger charge is 2.36. The van der Waals surface area contributed by atoms with Gasteiger partial charge >= 0.3 is 5.97 Å². The van der Waals surface area contributed by atoms with Crippen molar-refractivity contribution in [3.8, 4) is 0 Å². The van der Waals surface area contributed by atoms with Crippen molar-refractivity contribution in [1.29, 1.82) is 0 Å². The van der Waals surface area contributed by atoms with Crippen LogP contribution in [-0.2, 0) is 4.79 Å². The van der Waals surface area contributed by atoms with Crippen LogP contribution >= 0.6 is 0 Å². The maximum atomic E-state index is 11.3. The molecule has 1 aliphatic rings. The van der Waals surface area contributed by atoms with E-state index < -0.39 is 18.1 Å². The minimum absolute atomic E-state index is 0.147. The number of aliphatic carboxylic acids is 1. The largest absolute Gasteiger partial charge is 0.480 e. The first-order valence-electron chi connectivity index (χ1n) is 5.76. The van der Waals surface area contributed by atoms with Gasteiger partial charge in [0.1, 0.15) is 6.04 Å². The van der Waals surface area contributed by atoms with Gasteiger partial charge in [-0.15, -0.1) is 10.2 Å². The minimum atomic E-state index is -1.02. The first-order valence-corrected chi connectivity index (χ1v) is 5.76. The van der Waals surface area contributed by atoms with Crippen LogP contribution in [-0.4, -0.2) is 58.0 Å². The molecule has 1 aliphatic heterocycles. The zero-order chi connectivity index (χ0) is 14.0. The lowest BCUT2D eigenvalue weighted by Crippen LogP contribution is -2.36. The van der Waals surface area contributed by atoms with Gasteiger partial charge in [0.2, 0.25) is 0 Å². The van der Waals surface area contributed by atoms with Crippen molar-refractivity contribution >= 4 is 17.7 Å². The van der Waals surface area contributed by atoms with Crippen molar-refractivity contribution in [3.63, 3.8) is 0 Å². The molecular weight excluding hydrogens is 252 g/mol. The van der Waals surface area contributed by atoms with E-state index in [0.717, 1.165) is 0 Å². The van der Waals surface area contributed by atoms with Crippen LogP contribution in [0.3, 0.4) is 0 Å². The van der Waals surface area contributed by atoms with Gasteiger partial charge in [0.15, 0.2) is 11.5 Å². The average Bonchev–Trinajstić information content (AvgIpc) is 2.80. The van der Waals surface area contributed by atoms with Gasteiger partial charge in [0.05, 0.1) is 6.10 Å². The lowest BCUT2D eigenvalue weighted by atomic mass is 10.2. The van der Waals surface area contributed by atoms with Crippen LogP contribution in [0.5, 0.6) is 0 Å². The molecule has 0 saturated carbocycles. The highest BCUT2D eigenvalue weighted by Crippen LogP contribution is 2.23. The Balaban J connectivity index is 2.21. The number of carboxylic acids is 1. The first-order chi connectivity index (χ1) is 9.02. The Bertz CT molecular complexity index is 490. The molecule has 2 atom stereocenters. The molecule has 1 aromatic heterocycles. The van der Waals surface area contributed by atoms with Gasteiger partial charge in [-0.2, -0.15) is 0 Å². The number of anilines is 1. The van der Waals surface area contributed by atoms with E-state index in [9.17, 15) is 14.7 Å². The Morgan fingerprint density at radius 1 is 1.42 bits per heavy atom. The average molecular weight is 266 g/mol. The third-order valence-corrected chi connectivity index (χ3v) is 2.97. The van der Waals surface area contributed by atoms with Crippen molar-refractivity contribution in [2.24, 2.45) is 0 Å². The highest BCUT2D eigenvalue weighted by atomic mass is 16.4. The molecule has 2 heterocycles. The van der Waals surface area contributed by atoms with Crippen LogP contribution in [0.4, 0.5) is 5.82 Å². The maximum Gasteiger partial charge on any atom is 0.326 e. The standard InChI is InChI=1S/C11H14N4O4/c1-12-10(17)7-2-3-9(14-13-7)15-5-6(16)4-8(15)11(18)19/h2-3,6,8,16H,4-5H2,1H3,(H,12,17)(H,18,19). The Morgan fingerprint density at radius 2 is 2.16 bits per heavy atom. The number of hydrogen-bond donors (Lipinski definition) is 3. The van der Waals surface area contributed by atoms with Crippen molar-refractivity contribution in [2.45, 2.75) is 18.6 Å². The number of nitrogens with one attached hydrogen (secondary N) is 1. The zero-order valence-corrected chi connectivity index (χ0v) is 10.3. The molecule has 3 N–H and O–H groups in total. The van der Waals surface area contributed by atoms with E-state index in [0.29, 0.717) is 5.82 Å². The molecule has 0 aliphatic carbocycles. The Kier molecular flexibility index (Phi) is 3.61. The summed E-state index contributed by atoms with van der Waals surface area (Å²) in [4.78, 5) is 23.9. The topological polar surface area (TPSA) is 116 Å². The molecule has 1 amide bonds. The van der Waals surface area contributed by atoms with Gasteiger partial charge in [0.25, 0.3) is 5.91 Å². The summed E-state index contributed by atoms with van der Waals surface area (Å²) in [6.07, 6.45) is -0.560. The SMILES string of the molecule is CNC(=O)c1ccc(N2CC(O)CC2C(=O)O)nn1. The number of amides is 1. The van der Waals surface area contributed by atoms with E-state index in [2.05, 4.69) is 15.5 Å². The van der Waals surface area contributed by atoms with Crippen LogP contribution < -0.4 is 10.2 Å². The van der Waals surface area contributed by atoms with Crippen LogP contribution in [0.2, 0.25) is 0 Å². The number of hydrogen-bond acceptors (Lipinski definition) is 6. The third kappa shape index (κ3) is 2.63. The van der Waals surface area contributed by atoms with E-state index in [1.54, 1.807) is 0 Å². The summed E-state index contributed by atoms with van der Waals surface area (Å²) >= 11 is 0. The lowest BCUT2D eigenvalue weighted by Gasteiger charge is -2.21. The Morgan fingerprint density at radius 3 is 2.68 bits per heavy atom. The number of carbonyl (C=O) groups is 2. The molecule has 8 nitrogen and oxygen atoms in total. The fourth-order valence-electron chi connectivity index (χ4n) is 2.03. The molecule has 0 spiro atoms. The summed E-state index contributed by atoms with van der Waals surface area (Å²) < 4.78 is 0. The highest BCUT2D eigenvalue weighted by molar-refractivity contribution is 5.92. The summed E-state index contributed by atoms with van der Waals surface area (Å²) in [7, 11) is 1.48. The van der Waals surface area contributed by atoms with Crippen molar-refractivity contribution in [3.05, 3.63) is 17.8 Å². The number of aromatic nitrogens is 2. The molecule has 2 unspecified atom stereocenters. The van der Waals surface area contributed by atoms with E-state index in [1.807, 2.05) is 0 Å². The third-order valence-electron chi connectivity index (χ3n) is 2.97.